The fourth-order valence-electron chi connectivity index (χ4n) is 0.589. The van der Waals surface area contributed by atoms with Gasteiger partial charge in [-0.2, -0.15) is 0 Å². The van der Waals surface area contributed by atoms with Crippen LogP contribution in [0.1, 0.15) is 6.92 Å². The van der Waals surface area contributed by atoms with E-state index >= 15 is 0 Å². The molecule has 0 radical (unpaired) electrons. The predicted molar refractivity (Wildman–Crippen MR) is 39.0 cm³/mol. The molecule has 0 N–H and O–H groups in total. The minimum absolute atomic E-state index is 0.414. The van der Waals surface area contributed by atoms with Gasteiger partial charge in [0, 0.05) is 6.54 Å². The lowest BCUT2D eigenvalue weighted by Crippen LogP contribution is -2.24. The molecular weight excluding hydrogens is 118 g/mol. The highest BCUT2D eigenvalue weighted by molar-refractivity contribution is 5.98. The molecule has 0 saturated heterocycles. The molecule has 0 rings (SSSR count). The lowest BCUT2D eigenvalue weighted by molar-refractivity contribution is 0.192. The van der Waals surface area contributed by atoms with E-state index in [4.69, 9.17) is 4.43 Å². The van der Waals surface area contributed by atoms with Gasteiger partial charge in [-0.1, -0.05) is 0 Å². The van der Waals surface area contributed by atoms with Crippen LogP contribution in [0.4, 0.5) is 0 Å². The van der Waals surface area contributed by atoms with Crippen LogP contribution in [0.25, 0.3) is 0 Å². The molecule has 0 aliphatic carbocycles. The fourth-order valence-corrected chi connectivity index (χ4v) is 0.738. The summed E-state index contributed by atoms with van der Waals surface area (Å²) in [4.78, 5) is 2.13. The van der Waals surface area contributed by atoms with Gasteiger partial charge < -0.3 is 9.33 Å². The Balaban J connectivity index is 3.10. The van der Waals surface area contributed by atoms with E-state index in [9.17, 15) is 0 Å². The first-order valence-electron chi connectivity index (χ1n) is 2.84. The molecule has 0 fully saturated rings. The van der Waals surface area contributed by atoms with Gasteiger partial charge in [0.15, 0.2) is 0 Å². The fraction of sp³-hybridized carbons (Fsp3) is 1.00. The molecule has 1 unspecified atom stereocenters. The van der Waals surface area contributed by atoms with Gasteiger partial charge in [0.2, 0.25) is 0 Å². The Kier molecular flexibility index (Phi) is 4.13. The summed E-state index contributed by atoms with van der Waals surface area (Å²) in [6.07, 6.45) is 0.414. The van der Waals surface area contributed by atoms with Gasteiger partial charge in [-0.25, -0.2) is 0 Å². The van der Waals surface area contributed by atoms with E-state index in [1.54, 1.807) is 0 Å². The van der Waals surface area contributed by atoms with Crippen LogP contribution in [0.3, 0.4) is 0 Å². The summed E-state index contributed by atoms with van der Waals surface area (Å²) in [7, 11) is 4.96. The third-order valence-corrected chi connectivity index (χ3v) is 1.83. The summed E-state index contributed by atoms with van der Waals surface area (Å²) < 4.78 is 5.16. The summed E-state index contributed by atoms with van der Waals surface area (Å²) in [5.41, 5.74) is 0. The third kappa shape index (κ3) is 4.30. The molecule has 0 spiro atoms. The molecule has 0 bridgehead atoms. The highest BCUT2D eigenvalue weighted by Gasteiger charge is 1.97. The van der Waals surface area contributed by atoms with E-state index in [1.807, 2.05) is 0 Å². The SMILES string of the molecule is CC(CN(C)C)O[SiH3]. The molecule has 0 aromatic rings. The zero-order valence-electron chi connectivity index (χ0n) is 6.14. The van der Waals surface area contributed by atoms with Crippen LogP contribution >= 0.6 is 0 Å². The van der Waals surface area contributed by atoms with Gasteiger partial charge in [-0.05, 0) is 21.0 Å². The Morgan fingerprint density at radius 2 is 2.12 bits per heavy atom. The molecule has 0 aromatic heterocycles. The minimum Gasteiger partial charge on any atom is -0.424 e. The monoisotopic (exact) mass is 133 g/mol. The van der Waals surface area contributed by atoms with Crippen molar-refractivity contribution in [3.05, 3.63) is 0 Å². The highest BCUT2D eigenvalue weighted by Crippen LogP contribution is 1.86. The lowest BCUT2D eigenvalue weighted by Gasteiger charge is -2.14. The van der Waals surface area contributed by atoms with Crippen LogP contribution in [-0.4, -0.2) is 42.1 Å². The van der Waals surface area contributed by atoms with Crippen molar-refractivity contribution in [2.45, 2.75) is 13.0 Å². The Bertz CT molecular complexity index is 58.4. The van der Waals surface area contributed by atoms with Crippen LogP contribution in [0.15, 0.2) is 0 Å². The maximum absolute atomic E-state index is 5.16. The van der Waals surface area contributed by atoms with Crippen molar-refractivity contribution in [3.8, 4) is 0 Å². The van der Waals surface area contributed by atoms with E-state index < -0.39 is 0 Å². The number of rotatable bonds is 3. The lowest BCUT2D eigenvalue weighted by atomic mass is 10.4. The zero-order chi connectivity index (χ0) is 6.57. The van der Waals surface area contributed by atoms with Crippen LogP contribution in [0.5, 0.6) is 0 Å². The van der Waals surface area contributed by atoms with Crippen LogP contribution < -0.4 is 0 Å². The number of nitrogens with zero attached hydrogens (tertiary/aromatic N) is 1. The summed E-state index contributed by atoms with van der Waals surface area (Å²) in [5.74, 6) is 0. The smallest absolute Gasteiger partial charge is 0.146 e. The Morgan fingerprint density at radius 1 is 1.62 bits per heavy atom. The van der Waals surface area contributed by atoms with Crippen LogP contribution in [0.2, 0.25) is 0 Å². The summed E-state index contributed by atoms with van der Waals surface area (Å²) in [5, 5.41) is 0. The molecule has 0 aliphatic heterocycles. The minimum atomic E-state index is 0.414. The molecule has 0 heterocycles. The molecule has 50 valence electrons. The third-order valence-electron chi connectivity index (χ3n) is 1.02. The van der Waals surface area contributed by atoms with E-state index in [0.29, 0.717) is 6.10 Å². The molecule has 0 aromatic carbocycles. The Hall–Kier alpha value is 0.137. The van der Waals surface area contributed by atoms with Crippen LogP contribution in [-0.2, 0) is 4.43 Å². The van der Waals surface area contributed by atoms with Crippen molar-refractivity contribution in [2.75, 3.05) is 20.6 Å². The largest absolute Gasteiger partial charge is 0.424 e. The van der Waals surface area contributed by atoms with Crippen molar-refractivity contribution < 1.29 is 4.43 Å². The predicted octanol–water partition coefficient (Wildman–Crippen LogP) is -0.766. The normalized spacial score (nSPS) is 15.0. The molecule has 0 amide bonds. The molecule has 2 nitrogen and oxygen atoms in total. The van der Waals surface area contributed by atoms with Crippen molar-refractivity contribution >= 4 is 10.5 Å². The second kappa shape index (κ2) is 4.06. The Labute approximate surface area is 54.4 Å². The molecule has 1 atom stereocenters. The van der Waals surface area contributed by atoms with Crippen molar-refractivity contribution in [1.29, 1.82) is 0 Å². The average Bonchev–Trinajstić information content (AvgIpc) is 1.65. The van der Waals surface area contributed by atoms with E-state index in [-0.39, 0.29) is 0 Å². The number of hydrogen-bond acceptors (Lipinski definition) is 2. The summed E-state index contributed by atoms with van der Waals surface area (Å²) in [6, 6.07) is 0. The van der Waals surface area contributed by atoms with Gasteiger partial charge in [0.05, 0.1) is 6.10 Å². The van der Waals surface area contributed by atoms with Gasteiger partial charge in [-0.15, -0.1) is 0 Å². The summed E-state index contributed by atoms with van der Waals surface area (Å²) in [6.45, 7) is 3.12. The first kappa shape index (κ1) is 8.14. The van der Waals surface area contributed by atoms with Crippen molar-refractivity contribution in [3.63, 3.8) is 0 Å². The topological polar surface area (TPSA) is 12.5 Å². The molecular formula is C5H15NOSi. The van der Waals surface area contributed by atoms with Gasteiger partial charge in [0.25, 0.3) is 0 Å². The highest BCUT2D eigenvalue weighted by atomic mass is 28.2. The number of hydrogen-bond donors (Lipinski definition) is 0. The van der Waals surface area contributed by atoms with E-state index in [2.05, 4.69) is 25.9 Å². The van der Waals surface area contributed by atoms with Gasteiger partial charge in [0.1, 0.15) is 10.5 Å². The first-order valence-corrected chi connectivity index (χ1v) is 3.66. The van der Waals surface area contributed by atoms with Crippen LogP contribution in [0, 0.1) is 0 Å². The Morgan fingerprint density at radius 3 is 2.25 bits per heavy atom. The summed E-state index contributed by atoms with van der Waals surface area (Å²) >= 11 is 0. The van der Waals surface area contributed by atoms with E-state index in [0.717, 1.165) is 17.0 Å². The maximum Gasteiger partial charge on any atom is 0.146 e. The van der Waals surface area contributed by atoms with Crippen molar-refractivity contribution in [2.24, 2.45) is 0 Å². The molecule has 0 aliphatic rings. The second-order valence-corrected chi connectivity index (χ2v) is 2.78. The maximum atomic E-state index is 5.16. The van der Waals surface area contributed by atoms with E-state index in [1.165, 1.54) is 0 Å². The van der Waals surface area contributed by atoms with Gasteiger partial charge in [-0.3, -0.25) is 0 Å². The quantitative estimate of drug-likeness (QED) is 0.469. The molecule has 0 saturated carbocycles. The number of likely N-dealkylation sites (N-methyl/N-ethyl adjacent to an activating group) is 1. The second-order valence-electron chi connectivity index (χ2n) is 2.31. The molecule has 8 heavy (non-hydrogen) atoms. The van der Waals surface area contributed by atoms with Gasteiger partial charge >= 0.3 is 0 Å². The molecule has 3 heteroatoms. The van der Waals surface area contributed by atoms with Crippen molar-refractivity contribution in [1.82, 2.24) is 4.90 Å². The average molecular weight is 133 g/mol. The zero-order valence-corrected chi connectivity index (χ0v) is 8.14. The first-order chi connectivity index (χ1) is 3.66. The standard InChI is InChI=1S/C5H15NOSi/c1-5(7-8)4-6(2)3/h5H,4H2,1-3,8H3.